The van der Waals surface area contributed by atoms with Crippen LogP contribution in [0.15, 0.2) is 59.4 Å². The van der Waals surface area contributed by atoms with E-state index in [9.17, 15) is 23.1 Å². The summed E-state index contributed by atoms with van der Waals surface area (Å²) < 4.78 is 53.7. The molecule has 0 radical (unpaired) electrons. The lowest BCUT2D eigenvalue weighted by atomic mass is 10.00. The lowest BCUT2D eigenvalue weighted by Crippen LogP contribution is -2.28. The second-order valence-corrected chi connectivity index (χ2v) is 8.96. The van der Waals surface area contributed by atoms with Gasteiger partial charge in [-0.15, -0.1) is 0 Å². The molecule has 0 bridgehead atoms. The van der Waals surface area contributed by atoms with Crippen molar-refractivity contribution >= 4 is 0 Å². The number of rotatable bonds is 10. The van der Waals surface area contributed by atoms with Crippen LogP contribution in [0.4, 0.5) is 13.2 Å². The van der Waals surface area contributed by atoms with Crippen molar-refractivity contribution < 1.29 is 27.8 Å². The molecule has 2 heterocycles. The summed E-state index contributed by atoms with van der Waals surface area (Å²) >= 11 is 0. The first-order valence-corrected chi connectivity index (χ1v) is 12.3. The molecule has 0 aliphatic heterocycles. The number of methoxy groups -OCH3 is 1. The van der Waals surface area contributed by atoms with Crippen molar-refractivity contribution in [3.63, 3.8) is 0 Å². The number of nitrogens with zero attached hydrogens (tertiary/aromatic N) is 3. The standard InChI is InChI=1S/C29H28F3N3O4/c1-4-39-16-27-34-28(36)24(11-18-5-7-19(8-6-18)23-9-10-26(32)33-17(23)2)29(37)35(27)25(15-38-3)20-12-21(30)14-22(31)13-20/h5-10,12-14,25,37H,4,11,15-16H2,1-3H3/t25-/m0/s1. The summed E-state index contributed by atoms with van der Waals surface area (Å²) in [7, 11) is 1.42. The molecule has 0 aliphatic rings. The zero-order valence-electron chi connectivity index (χ0n) is 21.7. The number of ether oxygens (including phenoxy) is 2. The molecule has 7 nitrogen and oxygen atoms in total. The van der Waals surface area contributed by atoms with E-state index in [2.05, 4.69) is 9.97 Å². The quantitative estimate of drug-likeness (QED) is 0.282. The average Bonchev–Trinajstić information content (AvgIpc) is 2.89. The van der Waals surface area contributed by atoms with E-state index in [0.717, 1.165) is 29.3 Å². The van der Waals surface area contributed by atoms with Crippen molar-refractivity contribution in [3.05, 3.63) is 111 Å². The number of aromatic hydroxyl groups is 1. The molecule has 4 aromatic rings. The topological polar surface area (TPSA) is 86.5 Å². The summed E-state index contributed by atoms with van der Waals surface area (Å²) in [6.45, 7) is 3.61. The second kappa shape index (κ2) is 12.2. The number of aryl methyl sites for hydroxylation is 1. The maximum Gasteiger partial charge on any atom is 0.280 e. The third kappa shape index (κ3) is 6.35. The van der Waals surface area contributed by atoms with Crippen molar-refractivity contribution in [2.75, 3.05) is 20.3 Å². The van der Waals surface area contributed by atoms with Gasteiger partial charge in [0.25, 0.3) is 5.56 Å². The molecule has 1 atom stereocenters. The van der Waals surface area contributed by atoms with Gasteiger partial charge >= 0.3 is 0 Å². The second-order valence-electron chi connectivity index (χ2n) is 8.96. The summed E-state index contributed by atoms with van der Waals surface area (Å²) in [4.78, 5) is 21.0. The van der Waals surface area contributed by atoms with Gasteiger partial charge in [-0.3, -0.25) is 9.36 Å². The van der Waals surface area contributed by atoms with Crippen LogP contribution in [0.5, 0.6) is 5.88 Å². The normalized spacial score (nSPS) is 12.1. The fraction of sp³-hybridized carbons (Fsp3) is 0.276. The highest BCUT2D eigenvalue weighted by Gasteiger charge is 2.25. The van der Waals surface area contributed by atoms with Crippen molar-refractivity contribution in [1.29, 1.82) is 0 Å². The minimum Gasteiger partial charge on any atom is -0.494 e. The van der Waals surface area contributed by atoms with Crippen LogP contribution in [-0.4, -0.2) is 40.0 Å². The maximum atomic E-state index is 14.1. The van der Waals surface area contributed by atoms with Crippen LogP contribution < -0.4 is 5.56 Å². The predicted molar refractivity (Wildman–Crippen MR) is 139 cm³/mol. The molecule has 0 fully saturated rings. The molecule has 0 amide bonds. The molecule has 2 aromatic carbocycles. The summed E-state index contributed by atoms with van der Waals surface area (Å²) in [6.07, 6.45) is 0.0325. The minimum absolute atomic E-state index is 0.000561. The van der Waals surface area contributed by atoms with Crippen LogP contribution in [0.2, 0.25) is 0 Å². The summed E-state index contributed by atoms with van der Waals surface area (Å²) in [6, 6.07) is 12.2. The Morgan fingerprint density at radius 3 is 2.31 bits per heavy atom. The van der Waals surface area contributed by atoms with Crippen LogP contribution in [0.3, 0.4) is 0 Å². The van der Waals surface area contributed by atoms with E-state index in [0.29, 0.717) is 17.9 Å². The van der Waals surface area contributed by atoms with E-state index >= 15 is 0 Å². The fourth-order valence-electron chi connectivity index (χ4n) is 4.47. The molecule has 1 N–H and O–H groups in total. The van der Waals surface area contributed by atoms with Crippen molar-refractivity contribution in [3.8, 4) is 17.0 Å². The number of hydrogen-bond acceptors (Lipinski definition) is 6. The van der Waals surface area contributed by atoms with Crippen LogP contribution in [0, 0.1) is 24.5 Å². The molecule has 2 aromatic heterocycles. The van der Waals surface area contributed by atoms with E-state index in [-0.39, 0.29) is 36.6 Å². The molecule has 0 unspecified atom stereocenters. The van der Waals surface area contributed by atoms with Gasteiger partial charge in [0.2, 0.25) is 11.8 Å². The van der Waals surface area contributed by atoms with E-state index in [1.165, 1.54) is 17.7 Å². The van der Waals surface area contributed by atoms with Gasteiger partial charge in [-0.1, -0.05) is 24.3 Å². The molecule has 39 heavy (non-hydrogen) atoms. The Labute approximate surface area is 223 Å². The van der Waals surface area contributed by atoms with Crippen LogP contribution in [0.1, 0.15) is 41.2 Å². The molecule has 204 valence electrons. The highest BCUT2D eigenvalue weighted by atomic mass is 19.1. The molecule has 0 spiro atoms. The highest BCUT2D eigenvalue weighted by Crippen LogP contribution is 2.30. The van der Waals surface area contributed by atoms with Gasteiger partial charge in [0.15, 0.2) is 0 Å². The summed E-state index contributed by atoms with van der Waals surface area (Å²) in [5.41, 5.74) is 2.35. The van der Waals surface area contributed by atoms with Crippen LogP contribution >= 0.6 is 0 Å². The Kier molecular flexibility index (Phi) is 8.78. The van der Waals surface area contributed by atoms with Gasteiger partial charge in [-0.2, -0.15) is 9.37 Å². The Balaban J connectivity index is 1.77. The number of halogens is 3. The molecule has 10 heteroatoms. The molecule has 0 saturated heterocycles. The average molecular weight is 540 g/mol. The van der Waals surface area contributed by atoms with Crippen LogP contribution in [0.25, 0.3) is 11.1 Å². The Morgan fingerprint density at radius 2 is 1.69 bits per heavy atom. The van der Waals surface area contributed by atoms with Gasteiger partial charge < -0.3 is 14.6 Å². The van der Waals surface area contributed by atoms with Gasteiger partial charge in [0.05, 0.1) is 18.2 Å². The largest absolute Gasteiger partial charge is 0.494 e. The first kappa shape index (κ1) is 28.0. The Hall–Kier alpha value is -4.02. The Morgan fingerprint density at radius 1 is 1.00 bits per heavy atom. The van der Waals surface area contributed by atoms with E-state index in [4.69, 9.17) is 9.47 Å². The summed E-state index contributed by atoms with van der Waals surface area (Å²) in [5, 5.41) is 11.4. The van der Waals surface area contributed by atoms with Crippen LogP contribution in [-0.2, 0) is 22.5 Å². The molecule has 0 aliphatic carbocycles. The summed E-state index contributed by atoms with van der Waals surface area (Å²) in [5.74, 6) is -2.47. The monoisotopic (exact) mass is 539 g/mol. The molecule has 4 rings (SSSR count). The smallest absolute Gasteiger partial charge is 0.280 e. The molecular formula is C29H28F3N3O4. The first-order chi connectivity index (χ1) is 18.7. The number of hydrogen-bond donors (Lipinski definition) is 1. The Bertz CT molecular complexity index is 1500. The van der Waals surface area contributed by atoms with Gasteiger partial charge in [0.1, 0.15) is 24.1 Å². The van der Waals surface area contributed by atoms with Gasteiger partial charge in [-0.05, 0) is 54.8 Å². The zero-order valence-corrected chi connectivity index (χ0v) is 21.7. The maximum absolute atomic E-state index is 14.1. The van der Waals surface area contributed by atoms with Crippen molar-refractivity contribution in [2.24, 2.45) is 0 Å². The van der Waals surface area contributed by atoms with Crippen molar-refractivity contribution in [2.45, 2.75) is 32.9 Å². The molecular weight excluding hydrogens is 511 g/mol. The number of pyridine rings is 1. The predicted octanol–water partition coefficient (Wildman–Crippen LogP) is 5.10. The number of aromatic nitrogens is 3. The SMILES string of the molecule is CCOCc1nc(=O)c(Cc2ccc(-c3ccc(F)nc3C)cc2)c(O)n1[C@@H](COC)c1cc(F)cc(F)c1. The van der Waals surface area contributed by atoms with E-state index in [1.54, 1.807) is 32.0 Å². The molecule has 0 saturated carbocycles. The number of benzene rings is 2. The lowest BCUT2D eigenvalue weighted by molar-refractivity contribution is 0.115. The van der Waals surface area contributed by atoms with Gasteiger partial charge in [0, 0.05) is 37.5 Å². The third-order valence-electron chi connectivity index (χ3n) is 6.30. The third-order valence-corrected chi connectivity index (χ3v) is 6.30. The van der Waals surface area contributed by atoms with Gasteiger partial charge in [-0.25, -0.2) is 13.8 Å². The van der Waals surface area contributed by atoms with Crippen molar-refractivity contribution in [1.82, 2.24) is 14.5 Å². The fourth-order valence-corrected chi connectivity index (χ4v) is 4.47. The lowest BCUT2D eigenvalue weighted by Gasteiger charge is -2.25. The van der Waals surface area contributed by atoms with E-state index in [1.807, 2.05) is 12.1 Å². The van der Waals surface area contributed by atoms with E-state index < -0.39 is 35.1 Å². The minimum atomic E-state index is -0.904. The zero-order chi connectivity index (χ0) is 28.1. The highest BCUT2D eigenvalue weighted by molar-refractivity contribution is 5.65. The first-order valence-electron chi connectivity index (χ1n) is 12.3.